The highest BCUT2D eigenvalue weighted by Crippen LogP contribution is 2.36. The summed E-state index contributed by atoms with van der Waals surface area (Å²) >= 11 is 3.06. The number of halogens is 3. The Labute approximate surface area is 114 Å². The van der Waals surface area contributed by atoms with Crippen molar-refractivity contribution in [2.24, 2.45) is 11.7 Å². The third-order valence-electron chi connectivity index (χ3n) is 3.54. The Balaban J connectivity index is 2.34. The van der Waals surface area contributed by atoms with E-state index < -0.39 is 17.7 Å². The molecule has 1 heterocycles. The standard InChI is InChI=1S/C13H16BrF2NO/c1-2-10-7(5-6-18-10)13(17)11-9(15)4-3-8(14)12(11)16/h3-4,7,10,13H,2,5-6,17H2,1H3. The normalized spacial score (nSPS) is 25.4. The molecule has 2 nitrogen and oxygen atoms in total. The van der Waals surface area contributed by atoms with Crippen LogP contribution in [0.15, 0.2) is 16.6 Å². The van der Waals surface area contributed by atoms with Gasteiger partial charge in [-0.05, 0) is 40.9 Å². The molecule has 1 aliphatic rings. The number of nitrogens with two attached hydrogens (primary N) is 1. The minimum absolute atomic E-state index is 0.0159. The van der Waals surface area contributed by atoms with E-state index in [0.717, 1.165) is 12.8 Å². The molecule has 5 heteroatoms. The summed E-state index contributed by atoms with van der Waals surface area (Å²) in [6, 6.07) is 1.91. The van der Waals surface area contributed by atoms with Crippen LogP contribution in [0.4, 0.5) is 8.78 Å². The van der Waals surface area contributed by atoms with E-state index >= 15 is 0 Å². The first kappa shape index (κ1) is 13.9. The quantitative estimate of drug-likeness (QED) is 0.865. The van der Waals surface area contributed by atoms with Crippen LogP contribution in [0.25, 0.3) is 0 Å². The van der Waals surface area contributed by atoms with Gasteiger partial charge in [0, 0.05) is 24.1 Å². The summed E-state index contributed by atoms with van der Waals surface area (Å²) in [5, 5.41) is 0. The van der Waals surface area contributed by atoms with Gasteiger partial charge in [-0.2, -0.15) is 0 Å². The molecule has 0 aliphatic carbocycles. The van der Waals surface area contributed by atoms with Crippen molar-refractivity contribution in [2.45, 2.75) is 31.9 Å². The SMILES string of the molecule is CCC1OCCC1C(N)c1c(F)ccc(Br)c1F. The Morgan fingerprint density at radius 2 is 2.22 bits per heavy atom. The van der Waals surface area contributed by atoms with Gasteiger partial charge in [-0.3, -0.25) is 0 Å². The summed E-state index contributed by atoms with van der Waals surface area (Å²) in [4.78, 5) is 0. The molecule has 1 aliphatic heterocycles. The molecule has 2 N–H and O–H groups in total. The molecule has 1 saturated heterocycles. The molecule has 0 aromatic heterocycles. The second-order valence-corrected chi connectivity index (χ2v) is 5.41. The maximum atomic E-state index is 14.0. The molecule has 0 amide bonds. The van der Waals surface area contributed by atoms with E-state index in [2.05, 4.69) is 15.9 Å². The summed E-state index contributed by atoms with van der Waals surface area (Å²) in [5.74, 6) is -1.23. The minimum atomic E-state index is -0.671. The van der Waals surface area contributed by atoms with Gasteiger partial charge >= 0.3 is 0 Å². The van der Waals surface area contributed by atoms with Crippen LogP contribution in [-0.4, -0.2) is 12.7 Å². The minimum Gasteiger partial charge on any atom is -0.378 e. The monoisotopic (exact) mass is 319 g/mol. The number of rotatable bonds is 3. The molecule has 1 aromatic carbocycles. The van der Waals surface area contributed by atoms with Crippen LogP contribution in [0.2, 0.25) is 0 Å². The zero-order valence-electron chi connectivity index (χ0n) is 10.1. The molecular weight excluding hydrogens is 304 g/mol. The van der Waals surface area contributed by atoms with Crippen molar-refractivity contribution < 1.29 is 13.5 Å². The fourth-order valence-corrected chi connectivity index (χ4v) is 2.90. The fourth-order valence-electron chi connectivity index (χ4n) is 2.56. The Morgan fingerprint density at radius 1 is 1.50 bits per heavy atom. The smallest absolute Gasteiger partial charge is 0.145 e. The molecule has 1 fully saturated rings. The summed E-state index contributed by atoms with van der Waals surface area (Å²) in [5.41, 5.74) is 6.01. The largest absolute Gasteiger partial charge is 0.378 e. The van der Waals surface area contributed by atoms with E-state index in [0.29, 0.717) is 6.61 Å². The predicted octanol–water partition coefficient (Wildman–Crippen LogP) is 3.54. The van der Waals surface area contributed by atoms with Gasteiger partial charge in [0.15, 0.2) is 0 Å². The van der Waals surface area contributed by atoms with Gasteiger partial charge in [-0.15, -0.1) is 0 Å². The van der Waals surface area contributed by atoms with E-state index in [9.17, 15) is 8.78 Å². The highest BCUT2D eigenvalue weighted by molar-refractivity contribution is 9.10. The first-order valence-corrected chi connectivity index (χ1v) is 6.86. The van der Waals surface area contributed by atoms with Crippen molar-refractivity contribution in [2.75, 3.05) is 6.61 Å². The number of benzene rings is 1. The van der Waals surface area contributed by atoms with E-state index in [4.69, 9.17) is 10.5 Å². The van der Waals surface area contributed by atoms with Crippen LogP contribution in [0.3, 0.4) is 0 Å². The van der Waals surface area contributed by atoms with E-state index in [1.807, 2.05) is 6.92 Å². The predicted molar refractivity (Wildman–Crippen MR) is 69.1 cm³/mol. The van der Waals surface area contributed by atoms with Crippen molar-refractivity contribution in [3.8, 4) is 0 Å². The van der Waals surface area contributed by atoms with E-state index in [1.54, 1.807) is 0 Å². The number of hydrogen-bond donors (Lipinski definition) is 1. The van der Waals surface area contributed by atoms with Crippen LogP contribution in [-0.2, 0) is 4.74 Å². The third-order valence-corrected chi connectivity index (χ3v) is 4.15. The maximum Gasteiger partial charge on any atom is 0.145 e. The molecule has 100 valence electrons. The molecule has 0 radical (unpaired) electrons. The molecule has 18 heavy (non-hydrogen) atoms. The Kier molecular flexibility index (Phi) is 4.35. The lowest BCUT2D eigenvalue weighted by atomic mass is 9.87. The zero-order valence-corrected chi connectivity index (χ0v) is 11.7. The second-order valence-electron chi connectivity index (χ2n) is 4.55. The van der Waals surface area contributed by atoms with Crippen LogP contribution >= 0.6 is 15.9 Å². The number of ether oxygens (including phenoxy) is 1. The summed E-state index contributed by atoms with van der Waals surface area (Å²) in [7, 11) is 0. The molecule has 3 atom stereocenters. The Morgan fingerprint density at radius 3 is 2.89 bits per heavy atom. The molecule has 0 saturated carbocycles. The van der Waals surface area contributed by atoms with Crippen molar-refractivity contribution in [3.63, 3.8) is 0 Å². The van der Waals surface area contributed by atoms with Crippen molar-refractivity contribution in [3.05, 3.63) is 33.8 Å². The lowest BCUT2D eigenvalue weighted by Crippen LogP contribution is -2.29. The highest BCUT2D eigenvalue weighted by Gasteiger charge is 2.35. The summed E-state index contributed by atoms with van der Waals surface area (Å²) in [6.07, 6.45) is 1.53. The van der Waals surface area contributed by atoms with Gasteiger partial charge in [0.05, 0.1) is 10.6 Å². The fraction of sp³-hybridized carbons (Fsp3) is 0.538. The first-order valence-electron chi connectivity index (χ1n) is 6.06. The van der Waals surface area contributed by atoms with Gasteiger partial charge in [0.25, 0.3) is 0 Å². The van der Waals surface area contributed by atoms with Crippen LogP contribution in [0.1, 0.15) is 31.4 Å². The van der Waals surface area contributed by atoms with Crippen molar-refractivity contribution >= 4 is 15.9 Å². The van der Waals surface area contributed by atoms with Gasteiger partial charge in [0.1, 0.15) is 11.6 Å². The second kappa shape index (κ2) is 5.63. The van der Waals surface area contributed by atoms with Crippen LogP contribution in [0, 0.1) is 17.6 Å². The average Bonchev–Trinajstić information content (AvgIpc) is 2.82. The van der Waals surface area contributed by atoms with Crippen LogP contribution < -0.4 is 5.73 Å². The highest BCUT2D eigenvalue weighted by atomic mass is 79.9. The van der Waals surface area contributed by atoms with E-state index in [1.165, 1.54) is 12.1 Å². The molecule has 0 spiro atoms. The Bertz CT molecular complexity index is 441. The van der Waals surface area contributed by atoms with E-state index in [-0.39, 0.29) is 22.1 Å². The lowest BCUT2D eigenvalue weighted by molar-refractivity contribution is 0.0807. The molecule has 1 aromatic rings. The lowest BCUT2D eigenvalue weighted by Gasteiger charge is -2.25. The zero-order chi connectivity index (χ0) is 13.3. The third kappa shape index (κ3) is 2.44. The maximum absolute atomic E-state index is 14.0. The summed E-state index contributed by atoms with van der Waals surface area (Å²) in [6.45, 7) is 2.59. The van der Waals surface area contributed by atoms with Gasteiger partial charge in [0.2, 0.25) is 0 Å². The first-order chi connectivity index (χ1) is 8.56. The molecular formula is C13H16BrF2NO. The topological polar surface area (TPSA) is 35.2 Å². The van der Waals surface area contributed by atoms with Crippen molar-refractivity contribution in [1.29, 1.82) is 0 Å². The van der Waals surface area contributed by atoms with Gasteiger partial charge in [-0.1, -0.05) is 6.92 Å². The van der Waals surface area contributed by atoms with Crippen LogP contribution in [0.5, 0.6) is 0 Å². The van der Waals surface area contributed by atoms with Gasteiger partial charge in [-0.25, -0.2) is 8.78 Å². The molecule has 3 unspecified atom stereocenters. The van der Waals surface area contributed by atoms with Gasteiger partial charge < -0.3 is 10.5 Å². The Hall–Kier alpha value is -0.520. The average molecular weight is 320 g/mol. The molecule has 2 rings (SSSR count). The molecule has 0 bridgehead atoms. The number of hydrogen-bond acceptors (Lipinski definition) is 2. The van der Waals surface area contributed by atoms with Crippen molar-refractivity contribution in [1.82, 2.24) is 0 Å². The summed E-state index contributed by atoms with van der Waals surface area (Å²) < 4.78 is 33.5.